The van der Waals surface area contributed by atoms with E-state index < -0.39 is 0 Å². The highest BCUT2D eigenvalue weighted by Crippen LogP contribution is 2.40. The van der Waals surface area contributed by atoms with Crippen molar-refractivity contribution in [2.45, 2.75) is 17.7 Å². The summed E-state index contributed by atoms with van der Waals surface area (Å²) >= 11 is 3.60. The van der Waals surface area contributed by atoms with E-state index in [1.165, 1.54) is 11.6 Å². The van der Waals surface area contributed by atoms with Crippen LogP contribution in [0.4, 0.5) is 4.39 Å². The molecule has 1 unspecified atom stereocenters. The summed E-state index contributed by atoms with van der Waals surface area (Å²) in [6, 6.07) is 10.9. The van der Waals surface area contributed by atoms with Crippen molar-refractivity contribution < 1.29 is 13.9 Å². The van der Waals surface area contributed by atoms with Crippen molar-refractivity contribution >= 4 is 15.9 Å². The van der Waals surface area contributed by atoms with Crippen molar-refractivity contribution in [3.63, 3.8) is 0 Å². The predicted molar refractivity (Wildman–Crippen MR) is 84.0 cm³/mol. The molecule has 4 heteroatoms. The largest absolute Gasteiger partial charge is 0.496 e. The second-order valence-electron chi connectivity index (χ2n) is 5.04. The number of benzene rings is 2. The number of rotatable bonds is 3. The molecule has 0 radical (unpaired) electrons. The monoisotopic (exact) mass is 350 g/mol. The molecule has 1 heterocycles. The van der Waals surface area contributed by atoms with Gasteiger partial charge < -0.3 is 9.47 Å². The molecule has 0 N–H and O–H groups in total. The van der Waals surface area contributed by atoms with Gasteiger partial charge in [-0.1, -0.05) is 34.1 Å². The van der Waals surface area contributed by atoms with Crippen LogP contribution in [0.5, 0.6) is 11.5 Å². The molecule has 0 saturated heterocycles. The third-order valence-electron chi connectivity index (χ3n) is 3.71. The fourth-order valence-electron chi connectivity index (χ4n) is 2.65. The molecule has 1 atom stereocenters. The first kappa shape index (κ1) is 14.4. The van der Waals surface area contributed by atoms with Crippen molar-refractivity contribution in [2.24, 2.45) is 0 Å². The van der Waals surface area contributed by atoms with Crippen LogP contribution in [0.1, 0.15) is 27.9 Å². The third kappa shape index (κ3) is 2.77. The molecule has 0 saturated carbocycles. The van der Waals surface area contributed by atoms with E-state index in [9.17, 15) is 4.39 Å². The Morgan fingerprint density at radius 2 is 2.14 bits per heavy atom. The summed E-state index contributed by atoms with van der Waals surface area (Å²) < 4.78 is 25.1. The Morgan fingerprint density at radius 3 is 2.95 bits per heavy atom. The second kappa shape index (κ2) is 6.06. The minimum atomic E-state index is -0.273. The molecule has 1 aliphatic heterocycles. The Bertz CT molecular complexity index is 657. The van der Waals surface area contributed by atoms with Gasteiger partial charge in [0.1, 0.15) is 17.3 Å². The maximum Gasteiger partial charge on any atom is 0.131 e. The lowest BCUT2D eigenvalue weighted by atomic mass is 9.98. The van der Waals surface area contributed by atoms with Crippen LogP contribution in [-0.2, 0) is 6.42 Å². The molecule has 0 spiro atoms. The lowest BCUT2D eigenvalue weighted by Crippen LogP contribution is -2.09. The van der Waals surface area contributed by atoms with Gasteiger partial charge in [0, 0.05) is 5.56 Å². The number of fused-ring (bicyclic) bond motifs is 1. The summed E-state index contributed by atoms with van der Waals surface area (Å²) in [6.07, 6.45) is 2.02. The number of alkyl halides is 1. The van der Waals surface area contributed by atoms with Crippen molar-refractivity contribution in [3.8, 4) is 11.5 Å². The molecule has 2 aromatic rings. The predicted octanol–water partition coefficient (Wildman–Crippen LogP) is 4.64. The average Bonchev–Trinajstić information content (AvgIpc) is 2.53. The lowest BCUT2D eigenvalue weighted by Gasteiger charge is -2.20. The van der Waals surface area contributed by atoms with Crippen LogP contribution in [0.3, 0.4) is 0 Å². The molecule has 0 aliphatic carbocycles. The second-order valence-corrected chi connectivity index (χ2v) is 5.95. The van der Waals surface area contributed by atoms with Gasteiger partial charge in [0.15, 0.2) is 0 Å². The standard InChI is InChI=1S/C17H16BrFO2/c1-20-15-6-2-5-13(19)16(15)17(18)12-7-8-14-11(10-12)4-3-9-21-14/h2,5-8,10,17H,3-4,9H2,1H3. The van der Waals surface area contributed by atoms with Crippen LogP contribution in [-0.4, -0.2) is 13.7 Å². The molecule has 0 bridgehead atoms. The van der Waals surface area contributed by atoms with Crippen LogP contribution in [0.25, 0.3) is 0 Å². The zero-order chi connectivity index (χ0) is 14.8. The van der Waals surface area contributed by atoms with Crippen molar-refractivity contribution in [1.29, 1.82) is 0 Å². The fraction of sp³-hybridized carbons (Fsp3) is 0.294. The first-order valence-electron chi connectivity index (χ1n) is 6.93. The number of ether oxygens (including phenoxy) is 2. The molecular formula is C17H16BrFO2. The van der Waals surface area contributed by atoms with Crippen LogP contribution in [0, 0.1) is 5.82 Å². The van der Waals surface area contributed by atoms with Gasteiger partial charge in [0.2, 0.25) is 0 Å². The minimum Gasteiger partial charge on any atom is -0.496 e. The first-order valence-corrected chi connectivity index (χ1v) is 7.84. The molecule has 0 aromatic heterocycles. The van der Waals surface area contributed by atoms with E-state index in [-0.39, 0.29) is 10.6 Å². The summed E-state index contributed by atoms with van der Waals surface area (Å²) in [7, 11) is 1.55. The van der Waals surface area contributed by atoms with Crippen molar-refractivity contribution in [2.75, 3.05) is 13.7 Å². The molecule has 0 amide bonds. The number of aryl methyl sites for hydroxylation is 1. The average molecular weight is 351 g/mol. The minimum absolute atomic E-state index is 0.249. The van der Waals surface area contributed by atoms with E-state index in [0.717, 1.165) is 30.8 Å². The molecule has 2 nitrogen and oxygen atoms in total. The van der Waals surface area contributed by atoms with Gasteiger partial charge in [-0.3, -0.25) is 0 Å². The van der Waals surface area contributed by atoms with E-state index in [1.54, 1.807) is 19.2 Å². The Labute approximate surface area is 132 Å². The molecule has 3 rings (SSSR count). The van der Waals surface area contributed by atoms with E-state index in [4.69, 9.17) is 9.47 Å². The molecule has 2 aromatic carbocycles. The maximum atomic E-state index is 14.2. The lowest BCUT2D eigenvalue weighted by molar-refractivity contribution is 0.288. The Balaban J connectivity index is 2.01. The van der Waals surface area contributed by atoms with Crippen molar-refractivity contribution in [3.05, 3.63) is 58.9 Å². The number of methoxy groups -OCH3 is 1. The summed E-state index contributed by atoms with van der Waals surface area (Å²) in [5.41, 5.74) is 2.71. The normalized spacial score (nSPS) is 15.0. The van der Waals surface area contributed by atoms with Gasteiger partial charge in [0.25, 0.3) is 0 Å². The van der Waals surface area contributed by atoms with Gasteiger partial charge in [-0.25, -0.2) is 4.39 Å². The number of halogens is 2. The summed E-state index contributed by atoms with van der Waals surface area (Å²) in [6.45, 7) is 0.769. The van der Waals surface area contributed by atoms with Crippen LogP contribution in [0.2, 0.25) is 0 Å². The first-order chi connectivity index (χ1) is 10.2. The molecular weight excluding hydrogens is 335 g/mol. The highest BCUT2D eigenvalue weighted by molar-refractivity contribution is 9.09. The van der Waals surface area contributed by atoms with Crippen LogP contribution in [0.15, 0.2) is 36.4 Å². The van der Waals surface area contributed by atoms with Crippen molar-refractivity contribution in [1.82, 2.24) is 0 Å². The molecule has 1 aliphatic rings. The van der Waals surface area contributed by atoms with Gasteiger partial charge in [-0.05, 0) is 42.2 Å². The van der Waals surface area contributed by atoms with Gasteiger partial charge in [-0.2, -0.15) is 0 Å². The van der Waals surface area contributed by atoms with Crippen LogP contribution < -0.4 is 9.47 Å². The Morgan fingerprint density at radius 1 is 1.29 bits per heavy atom. The number of hydrogen-bond donors (Lipinski definition) is 0. The molecule has 0 fully saturated rings. The molecule has 110 valence electrons. The Kier molecular flexibility index (Phi) is 4.15. The Hall–Kier alpha value is -1.55. The van der Waals surface area contributed by atoms with Crippen LogP contribution >= 0.6 is 15.9 Å². The highest BCUT2D eigenvalue weighted by atomic mass is 79.9. The van der Waals surface area contributed by atoms with E-state index >= 15 is 0 Å². The highest BCUT2D eigenvalue weighted by Gasteiger charge is 2.21. The quantitative estimate of drug-likeness (QED) is 0.750. The summed E-state index contributed by atoms with van der Waals surface area (Å²) in [5.74, 6) is 1.21. The van der Waals surface area contributed by atoms with E-state index in [1.807, 2.05) is 12.1 Å². The smallest absolute Gasteiger partial charge is 0.131 e. The van der Waals surface area contributed by atoms with E-state index in [2.05, 4.69) is 22.0 Å². The number of hydrogen-bond acceptors (Lipinski definition) is 2. The zero-order valence-electron chi connectivity index (χ0n) is 11.7. The van der Waals surface area contributed by atoms with Gasteiger partial charge in [0.05, 0.1) is 18.5 Å². The summed E-state index contributed by atoms with van der Waals surface area (Å²) in [5, 5.41) is 0. The SMILES string of the molecule is COc1cccc(F)c1C(Br)c1ccc2c(c1)CCCO2. The van der Waals surface area contributed by atoms with Gasteiger partial charge in [-0.15, -0.1) is 0 Å². The fourth-order valence-corrected chi connectivity index (χ4v) is 3.37. The molecule has 21 heavy (non-hydrogen) atoms. The van der Waals surface area contributed by atoms with Gasteiger partial charge >= 0.3 is 0 Å². The maximum absolute atomic E-state index is 14.2. The third-order valence-corrected chi connectivity index (χ3v) is 4.70. The zero-order valence-corrected chi connectivity index (χ0v) is 13.3. The summed E-state index contributed by atoms with van der Waals surface area (Å²) in [4.78, 5) is -0.249. The van der Waals surface area contributed by atoms with E-state index in [0.29, 0.717) is 11.3 Å². The topological polar surface area (TPSA) is 18.5 Å².